The van der Waals surface area contributed by atoms with Crippen LogP contribution in [0.25, 0.3) is 10.9 Å². The molecule has 0 aliphatic rings. The van der Waals surface area contributed by atoms with Crippen LogP contribution in [0.1, 0.15) is 19.8 Å². The number of fused-ring (bicyclic) bond motifs is 1. The Hall–Kier alpha value is -2.04. The Morgan fingerprint density at radius 1 is 1.53 bits per heavy atom. The SMILES string of the molecule is CCCCOC(=O)n1ncc2cc(N)ccc21. The van der Waals surface area contributed by atoms with Crippen LogP contribution in [0.5, 0.6) is 0 Å². The summed E-state index contributed by atoms with van der Waals surface area (Å²) < 4.78 is 6.35. The number of carbonyl (C=O) groups excluding carboxylic acids is 1. The fourth-order valence-electron chi connectivity index (χ4n) is 1.56. The molecule has 0 aliphatic carbocycles. The number of rotatable bonds is 3. The minimum absolute atomic E-state index is 0.422. The highest BCUT2D eigenvalue weighted by atomic mass is 16.6. The minimum atomic E-state index is -0.446. The first-order chi connectivity index (χ1) is 8.22. The summed E-state index contributed by atoms with van der Waals surface area (Å²) in [6.45, 7) is 2.46. The largest absolute Gasteiger partial charge is 0.448 e. The van der Waals surface area contributed by atoms with E-state index in [2.05, 4.69) is 5.10 Å². The molecule has 0 fully saturated rings. The van der Waals surface area contributed by atoms with Gasteiger partial charge in [-0.3, -0.25) is 0 Å². The molecular formula is C12H15N3O2. The molecule has 2 aromatic rings. The predicted molar refractivity (Wildman–Crippen MR) is 65.8 cm³/mol. The van der Waals surface area contributed by atoms with Crippen molar-refractivity contribution in [3.63, 3.8) is 0 Å². The molecule has 17 heavy (non-hydrogen) atoms. The molecule has 0 atom stereocenters. The van der Waals surface area contributed by atoms with Crippen molar-refractivity contribution < 1.29 is 9.53 Å². The molecule has 1 heterocycles. The lowest BCUT2D eigenvalue weighted by Crippen LogP contribution is -2.15. The Balaban J connectivity index is 2.21. The van der Waals surface area contributed by atoms with Crippen molar-refractivity contribution in [1.29, 1.82) is 0 Å². The monoisotopic (exact) mass is 233 g/mol. The van der Waals surface area contributed by atoms with Gasteiger partial charge in [-0.15, -0.1) is 0 Å². The van der Waals surface area contributed by atoms with Crippen LogP contribution in [0.3, 0.4) is 0 Å². The van der Waals surface area contributed by atoms with Crippen LogP contribution in [0.4, 0.5) is 10.5 Å². The van der Waals surface area contributed by atoms with E-state index in [1.54, 1.807) is 24.4 Å². The van der Waals surface area contributed by atoms with Gasteiger partial charge >= 0.3 is 6.09 Å². The van der Waals surface area contributed by atoms with Crippen molar-refractivity contribution in [2.24, 2.45) is 0 Å². The van der Waals surface area contributed by atoms with Gasteiger partial charge in [0.15, 0.2) is 0 Å². The average molecular weight is 233 g/mol. The number of anilines is 1. The molecule has 1 aromatic carbocycles. The smallest absolute Gasteiger partial charge is 0.435 e. The Morgan fingerprint density at radius 3 is 3.12 bits per heavy atom. The minimum Gasteiger partial charge on any atom is -0.448 e. The number of carbonyl (C=O) groups is 1. The summed E-state index contributed by atoms with van der Waals surface area (Å²) in [6.07, 6.45) is 3.01. The third-order valence-electron chi connectivity index (χ3n) is 2.49. The number of aromatic nitrogens is 2. The van der Waals surface area contributed by atoms with Crippen molar-refractivity contribution in [3.05, 3.63) is 24.4 Å². The second kappa shape index (κ2) is 4.86. The quantitative estimate of drug-likeness (QED) is 0.652. The van der Waals surface area contributed by atoms with Gasteiger partial charge in [-0.2, -0.15) is 9.78 Å². The van der Waals surface area contributed by atoms with E-state index in [9.17, 15) is 4.79 Å². The summed E-state index contributed by atoms with van der Waals surface area (Å²) in [5.41, 5.74) is 7.01. The predicted octanol–water partition coefficient (Wildman–Crippen LogP) is 2.40. The van der Waals surface area contributed by atoms with Gasteiger partial charge in [0, 0.05) is 11.1 Å². The Bertz CT molecular complexity index is 534. The van der Waals surface area contributed by atoms with Gasteiger partial charge in [-0.05, 0) is 24.6 Å². The molecule has 5 nitrogen and oxygen atoms in total. The molecule has 0 spiro atoms. The molecule has 0 amide bonds. The molecule has 1 aromatic heterocycles. The number of hydrogen-bond acceptors (Lipinski definition) is 4. The van der Waals surface area contributed by atoms with E-state index in [1.807, 2.05) is 6.92 Å². The van der Waals surface area contributed by atoms with Gasteiger partial charge in [0.25, 0.3) is 0 Å². The summed E-state index contributed by atoms with van der Waals surface area (Å²) in [5.74, 6) is 0. The molecule has 5 heteroatoms. The standard InChI is InChI=1S/C12H15N3O2/c1-2-3-6-17-12(16)15-11-5-4-10(13)7-9(11)8-14-15/h4-5,7-8H,2-3,6,13H2,1H3. The van der Waals surface area contributed by atoms with Crippen molar-refractivity contribution in [1.82, 2.24) is 9.78 Å². The van der Waals surface area contributed by atoms with Crippen LogP contribution < -0.4 is 5.73 Å². The summed E-state index contributed by atoms with van der Waals surface area (Å²) >= 11 is 0. The van der Waals surface area contributed by atoms with Crippen molar-refractivity contribution in [3.8, 4) is 0 Å². The van der Waals surface area contributed by atoms with Gasteiger partial charge in [0.05, 0.1) is 18.3 Å². The van der Waals surface area contributed by atoms with E-state index in [0.29, 0.717) is 17.8 Å². The molecule has 0 radical (unpaired) electrons. The fraction of sp³-hybridized carbons (Fsp3) is 0.333. The summed E-state index contributed by atoms with van der Waals surface area (Å²) in [6, 6.07) is 5.27. The third kappa shape index (κ3) is 2.38. The topological polar surface area (TPSA) is 70.1 Å². The zero-order valence-electron chi connectivity index (χ0n) is 9.72. The van der Waals surface area contributed by atoms with Gasteiger partial charge in [-0.25, -0.2) is 4.79 Å². The summed E-state index contributed by atoms with van der Waals surface area (Å²) in [4.78, 5) is 11.7. The molecule has 0 unspecified atom stereocenters. The molecular weight excluding hydrogens is 218 g/mol. The van der Waals surface area contributed by atoms with E-state index in [4.69, 9.17) is 10.5 Å². The maximum absolute atomic E-state index is 11.7. The Morgan fingerprint density at radius 2 is 2.35 bits per heavy atom. The van der Waals surface area contributed by atoms with E-state index in [-0.39, 0.29) is 0 Å². The molecule has 90 valence electrons. The first kappa shape index (κ1) is 11.4. The number of nitrogen functional groups attached to an aromatic ring is 1. The molecule has 2 rings (SSSR count). The van der Waals surface area contributed by atoms with E-state index >= 15 is 0 Å². The number of benzene rings is 1. The van der Waals surface area contributed by atoms with Crippen LogP contribution in [0, 0.1) is 0 Å². The number of nitrogens with zero attached hydrogens (tertiary/aromatic N) is 2. The average Bonchev–Trinajstić information content (AvgIpc) is 2.72. The molecule has 0 saturated carbocycles. The highest BCUT2D eigenvalue weighted by molar-refractivity contribution is 5.89. The number of hydrogen-bond donors (Lipinski definition) is 1. The highest BCUT2D eigenvalue weighted by Crippen LogP contribution is 2.17. The maximum atomic E-state index is 11.7. The number of nitrogens with two attached hydrogens (primary N) is 1. The molecule has 0 aliphatic heterocycles. The van der Waals surface area contributed by atoms with Crippen molar-refractivity contribution in [2.75, 3.05) is 12.3 Å². The lowest BCUT2D eigenvalue weighted by atomic mass is 10.2. The van der Waals surface area contributed by atoms with E-state index in [1.165, 1.54) is 4.68 Å². The molecule has 0 bridgehead atoms. The van der Waals surface area contributed by atoms with Crippen LogP contribution >= 0.6 is 0 Å². The number of unbranched alkanes of at least 4 members (excludes halogenated alkanes) is 1. The lowest BCUT2D eigenvalue weighted by Gasteiger charge is -2.04. The van der Waals surface area contributed by atoms with Gasteiger partial charge in [-0.1, -0.05) is 13.3 Å². The highest BCUT2D eigenvalue weighted by Gasteiger charge is 2.11. The maximum Gasteiger partial charge on any atom is 0.435 e. The Labute approximate surface area is 99.2 Å². The van der Waals surface area contributed by atoms with E-state index < -0.39 is 6.09 Å². The molecule has 0 saturated heterocycles. The van der Waals surface area contributed by atoms with Gasteiger partial charge < -0.3 is 10.5 Å². The van der Waals surface area contributed by atoms with Crippen LogP contribution in [-0.2, 0) is 4.74 Å². The Kier molecular flexibility index (Phi) is 3.27. The van der Waals surface area contributed by atoms with Crippen LogP contribution in [-0.4, -0.2) is 22.5 Å². The van der Waals surface area contributed by atoms with Crippen LogP contribution in [0.15, 0.2) is 24.4 Å². The normalized spacial score (nSPS) is 10.6. The first-order valence-corrected chi connectivity index (χ1v) is 5.62. The van der Waals surface area contributed by atoms with E-state index in [0.717, 1.165) is 18.2 Å². The van der Waals surface area contributed by atoms with Crippen molar-refractivity contribution in [2.45, 2.75) is 19.8 Å². The fourth-order valence-corrected chi connectivity index (χ4v) is 1.56. The second-order valence-electron chi connectivity index (χ2n) is 3.84. The zero-order valence-corrected chi connectivity index (χ0v) is 9.72. The summed E-state index contributed by atoms with van der Waals surface area (Å²) in [7, 11) is 0. The lowest BCUT2D eigenvalue weighted by molar-refractivity contribution is 0.144. The van der Waals surface area contributed by atoms with Crippen LogP contribution in [0.2, 0.25) is 0 Å². The summed E-state index contributed by atoms with van der Waals surface area (Å²) in [5, 5.41) is 4.83. The van der Waals surface area contributed by atoms with Gasteiger partial charge in [0.2, 0.25) is 0 Å². The van der Waals surface area contributed by atoms with Gasteiger partial charge in [0.1, 0.15) is 0 Å². The third-order valence-corrected chi connectivity index (χ3v) is 2.49. The van der Waals surface area contributed by atoms with Crippen molar-refractivity contribution >= 4 is 22.7 Å². The number of ether oxygens (including phenoxy) is 1. The first-order valence-electron chi connectivity index (χ1n) is 5.62. The zero-order chi connectivity index (χ0) is 12.3. The second-order valence-corrected chi connectivity index (χ2v) is 3.84. The molecule has 2 N–H and O–H groups in total.